The highest BCUT2D eigenvalue weighted by molar-refractivity contribution is 6.36. The van der Waals surface area contributed by atoms with Crippen LogP contribution in [0, 0.1) is 0 Å². The van der Waals surface area contributed by atoms with E-state index < -0.39 is 13.3 Å². The summed E-state index contributed by atoms with van der Waals surface area (Å²) in [4.78, 5) is 12.6. The molecule has 0 radical (unpaired) electrons. The molecule has 0 aromatic heterocycles. The third-order valence-electron chi connectivity index (χ3n) is 5.51. The SMILES string of the molecule is CCCCCCCCCCCCOc1ccc(C(=O)/C=C(\OB(F)F)c2ccc(Cl)cc2)cc1. The van der Waals surface area contributed by atoms with Gasteiger partial charge in [0.2, 0.25) is 0 Å². The van der Waals surface area contributed by atoms with Crippen LogP contribution in [0.2, 0.25) is 5.02 Å². The lowest BCUT2D eigenvalue weighted by molar-refractivity contribution is 0.104. The predicted octanol–water partition coefficient (Wildman–Crippen LogP) is 8.80. The Morgan fingerprint density at radius 3 is 1.91 bits per heavy atom. The first-order chi connectivity index (χ1) is 16.5. The lowest BCUT2D eigenvalue weighted by Crippen LogP contribution is -2.06. The summed E-state index contributed by atoms with van der Waals surface area (Å²) in [6.45, 7) is 2.87. The second-order valence-electron chi connectivity index (χ2n) is 8.31. The van der Waals surface area contributed by atoms with Gasteiger partial charge in [-0.05, 0) is 55.0 Å². The minimum atomic E-state index is -3.05. The molecule has 0 amide bonds. The maximum absolute atomic E-state index is 12.8. The fourth-order valence-corrected chi connectivity index (χ4v) is 3.72. The molecule has 0 spiro atoms. The largest absolute Gasteiger partial charge is 0.796 e. The Morgan fingerprint density at radius 1 is 0.824 bits per heavy atom. The van der Waals surface area contributed by atoms with Crippen LogP contribution in [0.25, 0.3) is 5.76 Å². The minimum Gasteiger partial charge on any atom is -0.505 e. The molecular formula is C27H34BClF2O3. The van der Waals surface area contributed by atoms with Crippen molar-refractivity contribution in [3.05, 3.63) is 70.8 Å². The summed E-state index contributed by atoms with van der Waals surface area (Å²) in [5, 5.41) is 0.458. The number of carbonyl (C=O) groups excluding carboxylic acids is 1. The van der Waals surface area contributed by atoms with E-state index in [2.05, 4.69) is 11.6 Å². The van der Waals surface area contributed by atoms with Crippen molar-refractivity contribution in [2.45, 2.75) is 71.1 Å². The maximum Gasteiger partial charge on any atom is 0.796 e. The summed E-state index contributed by atoms with van der Waals surface area (Å²) in [6.07, 6.45) is 13.7. The molecule has 2 rings (SSSR count). The number of unbranched alkanes of at least 4 members (excludes halogenated alkanes) is 9. The van der Waals surface area contributed by atoms with Gasteiger partial charge in [-0.2, -0.15) is 0 Å². The molecule has 0 unspecified atom stereocenters. The lowest BCUT2D eigenvalue weighted by Gasteiger charge is -2.09. The van der Waals surface area contributed by atoms with E-state index in [0.717, 1.165) is 18.9 Å². The van der Waals surface area contributed by atoms with Crippen molar-refractivity contribution in [3.63, 3.8) is 0 Å². The molecule has 2 aromatic carbocycles. The molecule has 0 saturated carbocycles. The molecule has 0 aliphatic heterocycles. The molecule has 7 heteroatoms. The van der Waals surface area contributed by atoms with Crippen molar-refractivity contribution in [2.75, 3.05) is 6.61 Å². The van der Waals surface area contributed by atoms with Crippen LogP contribution < -0.4 is 4.74 Å². The minimum absolute atomic E-state index is 0.210. The molecule has 34 heavy (non-hydrogen) atoms. The smallest absolute Gasteiger partial charge is 0.505 e. The zero-order valence-corrected chi connectivity index (χ0v) is 20.7. The fourth-order valence-electron chi connectivity index (χ4n) is 3.59. The van der Waals surface area contributed by atoms with Crippen LogP contribution in [0.15, 0.2) is 54.6 Å². The van der Waals surface area contributed by atoms with Gasteiger partial charge in [0.15, 0.2) is 5.78 Å². The van der Waals surface area contributed by atoms with Crippen LogP contribution in [0.1, 0.15) is 87.1 Å². The maximum atomic E-state index is 12.8. The number of rotatable bonds is 17. The number of hydrogen-bond acceptors (Lipinski definition) is 3. The third kappa shape index (κ3) is 11.2. The Bertz CT molecular complexity index is 870. The van der Waals surface area contributed by atoms with Crippen LogP contribution in [-0.2, 0) is 4.65 Å². The van der Waals surface area contributed by atoms with E-state index in [1.54, 1.807) is 36.4 Å². The van der Waals surface area contributed by atoms with Gasteiger partial charge in [-0.25, -0.2) is 8.63 Å². The molecule has 184 valence electrons. The topological polar surface area (TPSA) is 35.5 Å². The molecule has 0 saturated heterocycles. The van der Waals surface area contributed by atoms with Crippen LogP contribution in [0.4, 0.5) is 8.63 Å². The highest BCUT2D eigenvalue weighted by Crippen LogP contribution is 2.22. The van der Waals surface area contributed by atoms with Crippen LogP contribution >= 0.6 is 11.6 Å². The summed E-state index contributed by atoms with van der Waals surface area (Å²) in [7, 11) is -3.05. The predicted molar refractivity (Wildman–Crippen MR) is 137 cm³/mol. The van der Waals surface area contributed by atoms with Crippen molar-refractivity contribution in [1.29, 1.82) is 0 Å². The van der Waals surface area contributed by atoms with E-state index in [9.17, 15) is 13.4 Å². The number of halogens is 3. The normalized spacial score (nSPS) is 11.4. The zero-order valence-electron chi connectivity index (χ0n) is 19.9. The number of hydrogen-bond donors (Lipinski definition) is 0. The van der Waals surface area contributed by atoms with Crippen molar-refractivity contribution in [2.24, 2.45) is 0 Å². The second kappa shape index (κ2) is 16.3. The first-order valence-electron chi connectivity index (χ1n) is 12.2. The van der Waals surface area contributed by atoms with E-state index in [-0.39, 0.29) is 5.76 Å². The number of benzene rings is 2. The molecule has 0 N–H and O–H groups in total. The lowest BCUT2D eigenvalue weighted by atomic mass is 10.1. The van der Waals surface area contributed by atoms with E-state index in [1.807, 2.05) is 0 Å². The van der Waals surface area contributed by atoms with Gasteiger partial charge in [0.05, 0.1) is 6.61 Å². The third-order valence-corrected chi connectivity index (χ3v) is 5.76. The van der Waals surface area contributed by atoms with Crippen LogP contribution in [0.3, 0.4) is 0 Å². The Balaban J connectivity index is 1.76. The molecule has 2 aromatic rings. The molecular weight excluding hydrogens is 457 g/mol. The van der Waals surface area contributed by atoms with Gasteiger partial charge in [0.25, 0.3) is 0 Å². The summed E-state index contributed by atoms with van der Waals surface area (Å²) in [6, 6.07) is 12.8. The molecule has 0 bridgehead atoms. The first kappa shape index (κ1) is 27.9. The standard InChI is InChI=1S/C27H34BClF2O3/c1-2-3-4-5-6-7-8-9-10-11-20-33-25-18-14-22(15-19-25)26(32)21-27(34-28(30)31)23-12-16-24(29)17-13-23/h12-19,21H,2-11,20H2,1H3/b27-21-. The van der Waals surface area contributed by atoms with Gasteiger partial charge in [0, 0.05) is 22.2 Å². The second-order valence-corrected chi connectivity index (χ2v) is 8.75. The highest BCUT2D eigenvalue weighted by atomic mass is 35.5. The number of carbonyl (C=O) groups is 1. The van der Waals surface area contributed by atoms with Gasteiger partial charge in [0.1, 0.15) is 11.5 Å². The molecule has 0 aliphatic rings. The van der Waals surface area contributed by atoms with E-state index in [0.29, 0.717) is 28.5 Å². The molecule has 0 atom stereocenters. The average molecular weight is 491 g/mol. The van der Waals surface area contributed by atoms with Crippen LogP contribution in [0.5, 0.6) is 5.75 Å². The summed E-state index contributed by atoms with van der Waals surface area (Å²) in [5.41, 5.74) is 0.699. The van der Waals surface area contributed by atoms with Crippen molar-refractivity contribution in [1.82, 2.24) is 0 Å². The fraction of sp³-hybridized carbons (Fsp3) is 0.444. The Labute approximate surface area is 207 Å². The van der Waals surface area contributed by atoms with Crippen LogP contribution in [-0.4, -0.2) is 19.9 Å². The number of ketones is 1. The van der Waals surface area contributed by atoms with Gasteiger partial charge in [-0.3, -0.25) is 4.79 Å². The van der Waals surface area contributed by atoms with Gasteiger partial charge in [-0.15, -0.1) is 0 Å². The highest BCUT2D eigenvalue weighted by Gasteiger charge is 2.21. The average Bonchev–Trinajstić information content (AvgIpc) is 2.82. The Kier molecular flexibility index (Phi) is 13.4. The molecule has 0 aliphatic carbocycles. The number of allylic oxidation sites excluding steroid dienone is 1. The van der Waals surface area contributed by atoms with Crippen molar-refractivity contribution in [3.8, 4) is 5.75 Å². The molecule has 0 fully saturated rings. The van der Waals surface area contributed by atoms with Gasteiger partial charge in [-0.1, -0.05) is 76.3 Å². The van der Waals surface area contributed by atoms with Gasteiger partial charge >= 0.3 is 7.47 Å². The van der Waals surface area contributed by atoms with E-state index >= 15 is 0 Å². The van der Waals surface area contributed by atoms with E-state index in [4.69, 9.17) is 16.3 Å². The summed E-state index contributed by atoms with van der Waals surface area (Å²) < 4.78 is 36.0. The summed E-state index contributed by atoms with van der Waals surface area (Å²) >= 11 is 5.84. The first-order valence-corrected chi connectivity index (χ1v) is 12.6. The quantitative estimate of drug-likeness (QED) is 0.0730. The Hall–Kier alpha value is -2.34. The van der Waals surface area contributed by atoms with Crippen molar-refractivity contribution < 1.29 is 22.8 Å². The summed E-state index contributed by atoms with van der Waals surface area (Å²) in [5.74, 6) is 0.0306. The zero-order chi connectivity index (χ0) is 24.6. The van der Waals surface area contributed by atoms with E-state index in [1.165, 1.54) is 63.5 Å². The van der Waals surface area contributed by atoms with Crippen molar-refractivity contribution >= 4 is 30.6 Å². The Morgan fingerprint density at radius 2 is 1.35 bits per heavy atom. The molecule has 3 nitrogen and oxygen atoms in total. The monoisotopic (exact) mass is 490 g/mol. The van der Waals surface area contributed by atoms with Gasteiger partial charge < -0.3 is 9.39 Å². The number of ether oxygens (including phenoxy) is 1. The molecule has 0 heterocycles.